The molecule has 0 bridgehead atoms. The number of para-hydroxylation sites is 1. The van der Waals surface area contributed by atoms with Crippen molar-refractivity contribution >= 4 is 11.6 Å². The van der Waals surface area contributed by atoms with Gasteiger partial charge in [0.2, 0.25) is 5.88 Å². The van der Waals surface area contributed by atoms with Gasteiger partial charge in [0.25, 0.3) is 5.91 Å². The molecule has 2 aromatic carbocycles. The molecule has 0 fully saturated rings. The van der Waals surface area contributed by atoms with E-state index in [1.54, 1.807) is 31.4 Å². The third kappa shape index (κ3) is 3.97. The molecule has 6 heteroatoms. The van der Waals surface area contributed by atoms with Crippen LogP contribution in [0.4, 0.5) is 5.69 Å². The van der Waals surface area contributed by atoms with Gasteiger partial charge in [-0.05, 0) is 37.3 Å². The summed E-state index contributed by atoms with van der Waals surface area (Å²) in [6.07, 6.45) is 0. The number of hydrogen-bond donors (Lipinski definition) is 1. The van der Waals surface area contributed by atoms with Gasteiger partial charge in [0, 0.05) is 17.3 Å². The first kappa shape index (κ1) is 17.4. The number of ether oxygens (including phenoxy) is 2. The van der Waals surface area contributed by atoms with Crippen LogP contribution in [-0.2, 0) is 0 Å². The monoisotopic (exact) mass is 349 g/mol. The van der Waals surface area contributed by atoms with E-state index in [9.17, 15) is 4.79 Å². The van der Waals surface area contributed by atoms with Crippen LogP contribution in [0.5, 0.6) is 11.6 Å². The Bertz CT molecular complexity index is 895. The second kappa shape index (κ2) is 8.11. The average Bonchev–Trinajstić information content (AvgIpc) is 2.69. The summed E-state index contributed by atoms with van der Waals surface area (Å²) in [5, 5.41) is 11.0. The van der Waals surface area contributed by atoms with Crippen molar-refractivity contribution in [3.05, 3.63) is 66.2 Å². The molecule has 0 aliphatic heterocycles. The number of hydrogen-bond acceptors (Lipinski definition) is 5. The molecular formula is C20H19N3O3. The Morgan fingerprint density at radius 1 is 1.04 bits per heavy atom. The number of carbonyl (C=O) groups is 1. The smallest absolute Gasteiger partial charge is 0.259 e. The van der Waals surface area contributed by atoms with Crippen LogP contribution in [0.2, 0.25) is 0 Å². The zero-order chi connectivity index (χ0) is 18.4. The number of anilines is 1. The largest absolute Gasteiger partial charge is 0.493 e. The predicted octanol–water partition coefficient (Wildman–Crippen LogP) is 3.80. The molecule has 1 heterocycles. The molecule has 26 heavy (non-hydrogen) atoms. The van der Waals surface area contributed by atoms with Crippen LogP contribution in [0, 0.1) is 0 Å². The predicted molar refractivity (Wildman–Crippen MR) is 99.6 cm³/mol. The topological polar surface area (TPSA) is 73.3 Å². The highest BCUT2D eigenvalue weighted by atomic mass is 16.5. The molecule has 0 saturated heterocycles. The number of nitrogens with zero attached hydrogens (tertiary/aromatic N) is 2. The lowest BCUT2D eigenvalue weighted by Crippen LogP contribution is -2.13. The molecule has 0 radical (unpaired) electrons. The Labute approximate surface area is 151 Å². The maximum atomic E-state index is 12.6. The number of rotatable bonds is 6. The highest BCUT2D eigenvalue weighted by Crippen LogP contribution is 2.23. The van der Waals surface area contributed by atoms with Crippen LogP contribution in [-0.4, -0.2) is 29.8 Å². The van der Waals surface area contributed by atoms with Gasteiger partial charge in [0.05, 0.1) is 25.0 Å². The van der Waals surface area contributed by atoms with E-state index in [0.29, 0.717) is 35.2 Å². The number of amides is 1. The molecule has 1 N–H and O–H groups in total. The Hall–Kier alpha value is -3.41. The standard InChI is InChI=1S/C20H19N3O3/c1-3-26-18-10-5-4-9-16(18)20(24)21-15-8-6-7-14(13-15)17-11-12-19(25-2)23-22-17/h4-13H,3H2,1-2H3,(H,21,24). The summed E-state index contributed by atoms with van der Waals surface area (Å²) in [6, 6.07) is 18.1. The van der Waals surface area contributed by atoms with Gasteiger partial charge >= 0.3 is 0 Å². The van der Waals surface area contributed by atoms with E-state index in [0.717, 1.165) is 5.56 Å². The minimum Gasteiger partial charge on any atom is -0.493 e. The third-order valence-electron chi connectivity index (χ3n) is 3.70. The van der Waals surface area contributed by atoms with Gasteiger partial charge in [-0.3, -0.25) is 4.79 Å². The average molecular weight is 349 g/mol. The lowest BCUT2D eigenvalue weighted by atomic mass is 10.1. The van der Waals surface area contributed by atoms with Gasteiger partial charge in [-0.25, -0.2) is 0 Å². The number of aromatic nitrogens is 2. The first-order chi connectivity index (χ1) is 12.7. The van der Waals surface area contributed by atoms with Crippen molar-refractivity contribution in [1.29, 1.82) is 0 Å². The summed E-state index contributed by atoms with van der Waals surface area (Å²) in [5.41, 5.74) is 2.69. The number of nitrogens with one attached hydrogen (secondary N) is 1. The minimum atomic E-state index is -0.230. The van der Waals surface area contributed by atoms with Gasteiger partial charge in [-0.15, -0.1) is 10.2 Å². The fourth-order valence-electron chi connectivity index (χ4n) is 2.47. The second-order valence-electron chi connectivity index (χ2n) is 5.43. The van der Waals surface area contributed by atoms with Crippen molar-refractivity contribution < 1.29 is 14.3 Å². The SMILES string of the molecule is CCOc1ccccc1C(=O)Nc1cccc(-c2ccc(OC)nn2)c1. The van der Waals surface area contributed by atoms with E-state index >= 15 is 0 Å². The van der Waals surface area contributed by atoms with E-state index in [4.69, 9.17) is 9.47 Å². The second-order valence-corrected chi connectivity index (χ2v) is 5.43. The van der Waals surface area contributed by atoms with Crippen LogP contribution < -0.4 is 14.8 Å². The fraction of sp³-hybridized carbons (Fsp3) is 0.150. The Balaban J connectivity index is 1.81. The van der Waals surface area contributed by atoms with Gasteiger partial charge in [0.15, 0.2) is 0 Å². The van der Waals surface area contributed by atoms with Crippen LogP contribution in [0.15, 0.2) is 60.7 Å². The molecule has 0 aliphatic rings. The summed E-state index contributed by atoms with van der Waals surface area (Å²) >= 11 is 0. The molecule has 0 saturated carbocycles. The molecule has 6 nitrogen and oxygen atoms in total. The van der Waals surface area contributed by atoms with Crippen LogP contribution in [0.25, 0.3) is 11.3 Å². The molecular weight excluding hydrogens is 330 g/mol. The van der Waals surface area contributed by atoms with Crippen molar-refractivity contribution in [1.82, 2.24) is 10.2 Å². The third-order valence-corrected chi connectivity index (χ3v) is 3.70. The summed E-state index contributed by atoms with van der Waals surface area (Å²) < 4.78 is 10.5. The van der Waals surface area contributed by atoms with Crippen molar-refractivity contribution in [3.63, 3.8) is 0 Å². The van der Waals surface area contributed by atoms with Crippen LogP contribution >= 0.6 is 0 Å². The van der Waals surface area contributed by atoms with Gasteiger partial charge < -0.3 is 14.8 Å². The molecule has 132 valence electrons. The van der Waals surface area contributed by atoms with E-state index in [1.807, 2.05) is 43.3 Å². The van der Waals surface area contributed by atoms with Crippen molar-refractivity contribution in [2.75, 3.05) is 19.0 Å². The van der Waals surface area contributed by atoms with Crippen LogP contribution in [0.1, 0.15) is 17.3 Å². The number of benzene rings is 2. The Morgan fingerprint density at radius 2 is 1.88 bits per heavy atom. The number of methoxy groups -OCH3 is 1. The lowest BCUT2D eigenvalue weighted by Gasteiger charge is -2.11. The normalized spacial score (nSPS) is 10.2. The highest BCUT2D eigenvalue weighted by Gasteiger charge is 2.12. The van der Waals surface area contributed by atoms with E-state index in [1.165, 1.54) is 0 Å². The molecule has 0 unspecified atom stereocenters. The maximum Gasteiger partial charge on any atom is 0.259 e. The Morgan fingerprint density at radius 3 is 2.62 bits per heavy atom. The minimum absolute atomic E-state index is 0.230. The zero-order valence-electron chi connectivity index (χ0n) is 14.6. The van der Waals surface area contributed by atoms with E-state index in [2.05, 4.69) is 15.5 Å². The lowest BCUT2D eigenvalue weighted by molar-refractivity contribution is 0.102. The summed E-state index contributed by atoms with van der Waals surface area (Å²) in [4.78, 5) is 12.6. The molecule has 3 rings (SSSR count). The first-order valence-corrected chi connectivity index (χ1v) is 8.22. The fourth-order valence-corrected chi connectivity index (χ4v) is 2.47. The summed E-state index contributed by atoms with van der Waals surface area (Å²) in [7, 11) is 1.54. The molecule has 0 atom stereocenters. The Kier molecular flexibility index (Phi) is 5.43. The zero-order valence-corrected chi connectivity index (χ0v) is 14.6. The molecule has 1 aromatic heterocycles. The van der Waals surface area contributed by atoms with E-state index in [-0.39, 0.29) is 5.91 Å². The summed E-state index contributed by atoms with van der Waals surface area (Å²) in [5.74, 6) is 0.780. The maximum absolute atomic E-state index is 12.6. The summed E-state index contributed by atoms with van der Waals surface area (Å²) in [6.45, 7) is 2.38. The first-order valence-electron chi connectivity index (χ1n) is 8.22. The van der Waals surface area contributed by atoms with Gasteiger partial charge in [0.1, 0.15) is 5.75 Å². The van der Waals surface area contributed by atoms with Crippen molar-refractivity contribution in [3.8, 4) is 22.9 Å². The molecule has 1 amide bonds. The van der Waals surface area contributed by atoms with Gasteiger partial charge in [-0.1, -0.05) is 24.3 Å². The van der Waals surface area contributed by atoms with E-state index < -0.39 is 0 Å². The molecule has 0 aliphatic carbocycles. The molecule has 0 spiro atoms. The van der Waals surface area contributed by atoms with Gasteiger partial charge in [-0.2, -0.15) is 0 Å². The van der Waals surface area contributed by atoms with Crippen molar-refractivity contribution in [2.24, 2.45) is 0 Å². The molecule has 3 aromatic rings. The van der Waals surface area contributed by atoms with Crippen molar-refractivity contribution in [2.45, 2.75) is 6.92 Å². The quantitative estimate of drug-likeness (QED) is 0.733. The van der Waals surface area contributed by atoms with Crippen LogP contribution in [0.3, 0.4) is 0 Å². The number of carbonyl (C=O) groups excluding carboxylic acids is 1. The highest BCUT2D eigenvalue weighted by molar-refractivity contribution is 6.06.